The number of halogens is 2. The van der Waals surface area contributed by atoms with E-state index >= 15 is 0 Å². The Morgan fingerprint density at radius 3 is 2.67 bits per heavy atom. The van der Waals surface area contributed by atoms with Gasteiger partial charge in [-0.2, -0.15) is 11.8 Å². The fourth-order valence-electron chi connectivity index (χ4n) is 1.06. The molecule has 0 amide bonds. The molecule has 1 unspecified atom stereocenters. The van der Waals surface area contributed by atoms with Crippen LogP contribution in [0.4, 0.5) is 8.78 Å². The van der Waals surface area contributed by atoms with Crippen molar-refractivity contribution in [3.63, 3.8) is 0 Å². The van der Waals surface area contributed by atoms with Crippen LogP contribution in [0.5, 0.6) is 0 Å². The highest BCUT2D eigenvalue weighted by Crippen LogP contribution is 2.17. The Balaban J connectivity index is 2.41. The van der Waals surface area contributed by atoms with Gasteiger partial charge in [0.25, 0.3) is 0 Å². The van der Waals surface area contributed by atoms with Crippen LogP contribution in [0.3, 0.4) is 0 Å². The quantitative estimate of drug-likeness (QED) is 0.842. The molecule has 15 heavy (non-hydrogen) atoms. The second-order valence-corrected chi connectivity index (χ2v) is 4.58. The van der Waals surface area contributed by atoms with E-state index in [1.807, 2.05) is 6.92 Å². The first kappa shape index (κ1) is 12.5. The van der Waals surface area contributed by atoms with Gasteiger partial charge in [-0.25, -0.2) is 8.78 Å². The Labute approximate surface area is 92.5 Å². The van der Waals surface area contributed by atoms with Gasteiger partial charge in [-0.1, -0.05) is 13.0 Å². The third-order valence-electron chi connectivity index (χ3n) is 1.97. The van der Waals surface area contributed by atoms with Crippen molar-refractivity contribution in [3.05, 3.63) is 35.4 Å². The lowest BCUT2D eigenvalue weighted by molar-refractivity contribution is 0.250. The molecule has 1 aromatic rings. The highest BCUT2D eigenvalue weighted by molar-refractivity contribution is 7.98. The zero-order valence-electron chi connectivity index (χ0n) is 8.54. The van der Waals surface area contributed by atoms with Crippen molar-refractivity contribution in [2.45, 2.75) is 12.7 Å². The van der Waals surface area contributed by atoms with E-state index in [0.29, 0.717) is 5.75 Å². The minimum absolute atomic E-state index is 0.158. The van der Waals surface area contributed by atoms with Gasteiger partial charge in [0.15, 0.2) is 11.6 Å². The molecule has 0 aromatic heterocycles. The maximum Gasteiger partial charge on any atom is 0.159 e. The van der Waals surface area contributed by atoms with E-state index in [1.54, 1.807) is 17.8 Å². The van der Waals surface area contributed by atoms with Gasteiger partial charge in [0.1, 0.15) is 0 Å². The van der Waals surface area contributed by atoms with Crippen molar-refractivity contribution in [3.8, 4) is 0 Å². The number of hydrogen-bond donors (Lipinski definition) is 1. The third-order valence-corrected chi connectivity index (χ3v) is 3.31. The summed E-state index contributed by atoms with van der Waals surface area (Å²) in [7, 11) is 0. The predicted octanol–water partition coefficient (Wildman–Crippen LogP) is 2.83. The van der Waals surface area contributed by atoms with Crippen molar-refractivity contribution < 1.29 is 13.9 Å². The largest absolute Gasteiger partial charge is 0.396 e. The van der Waals surface area contributed by atoms with Crippen LogP contribution in [-0.2, 0) is 5.75 Å². The van der Waals surface area contributed by atoms with E-state index < -0.39 is 11.6 Å². The van der Waals surface area contributed by atoms with E-state index in [2.05, 4.69) is 0 Å². The maximum atomic E-state index is 12.8. The summed E-state index contributed by atoms with van der Waals surface area (Å²) in [4.78, 5) is 0. The molecule has 1 nitrogen and oxygen atoms in total. The number of benzene rings is 1. The normalized spacial score (nSPS) is 12.8. The van der Waals surface area contributed by atoms with E-state index in [0.717, 1.165) is 17.4 Å². The Morgan fingerprint density at radius 2 is 2.07 bits per heavy atom. The van der Waals surface area contributed by atoms with Crippen LogP contribution in [-0.4, -0.2) is 17.5 Å². The molecule has 0 spiro atoms. The van der Waals surface area contributed by atoms with E-state index in [-0.39, 0.29) is 12.5 Å². The van der Waals surface area contributed by atoms with Crippen LogP contribution in [0.1, 0.15) is 12.5 Å². The van der Waals surface area contributed by atoms with E-state index in [1.165, 1.54) is 6.07 Å². The van der Waals surface area contributed by atoms with Crippen LogP contribution in [0, 0.1) is 17.6 Å². The molecule has 0 bridgehead atoms. The summed E-state index contributed by atoms with van der Waals surface area (Å²) in [6.07, 6.45) is 0. The highest BCUT2D eigenvalue weighted by Gasteiger charge is 2.04. The molecule has 0 aliphatic carbocycles. The molecule has 0 fully saturated rings. The first-order valence-electron chi connectivity index (χ1n) is 4.76. The molecule has 0 saturated heterocycles. The smallest absolute Gasteiger partial charge is 0.159 e. The Morgan fingerprint density at radius 1 is 1.33 bits per heavy atom. The summed E-state index contributed by atoms with van der Waals surface area (Å²) in [5.74, 6) is 0.0768. The lowest BCUT2D eigenvalue weighted by atomic mass is 10.2. The van der Waals surface area contributed by atoms with Crippen molar-refractivity contribution in [2.75, 3.05) is 12.4 Å². The minimum atomic E-state index is -0.813. The van der Waals surface area contributed by atoms with Gasteiger partial charge in [-0.3, -0.25) is 0 Å². The molecule has 0 radical (unpaired) electrons. The molecule has 1 N–H and O–H groups in total. The topological polar surface area (TPSA) is 20.2 Å². The molecule has 1 rings (SSSR count). The van der Waals surface area contributed by atoms with Crippen molar-refractivity contribution >= 4 is 11.8 Å². The first-order valence-corrected chi connectivity index (χ1v) is 5.91. The summed E-state index contributed by atoms with van der Waals surface area (Å²) in [6, 6.07) is 3.93. The Kier molecular flexibility index (Phi) is 5.05. The monoisotopic (exact) mass is 232 g/mol. The molecular formula is C11H14F2OS. The van der Waals surface area contributed by atoms with Crippen LogP contribution >= 0.6 is 11.8 Å². The number of rotatable bonds is 5. The molecule has 84 valence electrons. The van der Waals surface area contributed by atoms with Crippen molar-refractivity contribution in [1.82, 2.24) is 0 Å². The van der Waals surface area contributed by atoms with Crippen LogP contribution in [0.25, 0.3) is 0 Å². The number of thioether (sulfide) groups is 1. The summed E-state index contributed by atoms with van der Waals surface area (Å²) in [5, 5.41) is 8.79. The van der Waals surface area contributed by atoms with Gasteiger partial charge in [-0.15, -0.1) is 0 Å². The van der Waals surface area contributed by atoms with Crippen LogP contribution in [0.15, 0.2) is 18.2 Å². The highest BCUT2D eigenvalue weighted by atomic mass is 32.2. The van der Waals surface area contributed by atoms with E-state index in [4.69, 9.17) is 5.11 Å². The number of hydrogen-bond acceptors (Lipinski definition) is 2. The summed E-state index contributed by atoms with van der Waals surface area (Å²) in [5.41, 5.74) is 0.768. The van der Waals surface area contributed by atoms with Crippen molar-refractivity contribution in [1.29, 1.82) is 0 Å². The van der Waals surface area contributed by atoms with Gasteiger partial charge in [0, 0.05) is 12.4 Å². The Bertz CT molecular complexity index is 317. The third kappa shape index (κ3) is 4.18. The van der Waals surface area contributed by atoms with E-state index in [9.17, 15) is 8.78 Å². The second-order valence-electron chi connectivity index (χ2n) is 3.55. The summed E-state index contributed by atoms with van der Waals surface area (Å²) >= 11 is 1.60. The van der Waals surface area contributed by atoms with Gasteiger partial charge in [0.2, 0.25) is 0 Å². The van der Waals surface area contributed by atoms with Crippen LogP contribution in [0.2, 0.25) is 0 Å². The first-order chi connectivity index (χ1) is 7.13. The fraction of sp³-hybridized carbons (Fsp3) is 0.455. The zero-order chi connectivity index (χ0) is 11.3. The molecule has 0 aliphatic heterocycles. The number of aliphatic hydroxyl groups is 1. The molecule has 0 heterocycles. The zero-order valence-corrected chi connectivity index (χ0v) is 9.36. The second kappa shape index (κ2) is 6.08. The van der Waals surface area contributed by atoms with Gasteiger partial charge in [0.05, 0.1) is 0 Å². The van der Waals surface area contributed by atoms with Crippen molar-refractivity contribution in [2.24, 2.45) is 5.92 Å². The standard InChI is InChI=1S/C11H14F2OS/c1-8(5-14)6-15-7-9-2-3-10(12)11(13)4-9/h2-4,8,14H,5-7H2,1H3. The fourth-order valence-corrected chi connectivity index (χ4v) is 2.10. The van der Waals surface area contributed by atoms with Gasteiger partial charge < -0.3 is 5.11 Å². The molecule has 1 aromatic carbocycles. The molecule has 1 atom stereocenters. The van der Waals surface area contributed by atoms with Crippen LogP contribution < -0.4 is 0 Å². The summed E-state index contributed by atoms with van der Waals surface area (Å²) in [6.45, 7) is 2.10. The molecule has 0 saturated carbocycles. The Hall–Kier alpha value is -0.610. The molecular weight excluding hydrogens is 218 g/mol. The van der Waals surface area contributed by atoms with Gasteiger partial charge >= 0.3 is 0 Å². The SMILES string of the molecule is CC(CO)CSCc1ccc(F)c(F)c1. The lowest BCUT2D eigenvalue weighted by Gasteiger charge is -2.07. The average molecular weight is 232 g/mol. The molecule has 0 aliphatic rings. The average Bonchev–Trinajstić information content (AvgIpc) is 2.23. The lowest BCUT2D eigenvalue weighted by Crippen LogP contribution is -2.03. The predicted molar refractivity (Wildman–Crippen MR) is 58.8 cm³/mol. The number of aliphatic hydroxyl groups excluding tert-OH is 1. The van der Waals surface area contributed by atoms with Gasteiger partial charge in [-0.05, 0) is 29.4 Å². The minimum Gasteiger partial charge on any atom is -0.396 e. The summed E-state index contributed by atoms with van der Waals surface area (Å²) < 4.78 is 25.4. The maximum absolute atomic E-state index is 12.8. The molecule has 4 heteroatoms.